The SMILES string of the molecule is Cc1cc(C)n(Cc2c(F)cccc2F)c1C(=O)NC(C)C. The Morgan fingerprint density at radius 1 is 1.23 bits per heavy atom. The molecule has 1 aromatic heterocycles. The van der Waals surface area contributed by atoms with Crippen LogP contribution in [0.25, 0.3) is 0 Å². The van der Waals surface area contributed by atoms with E-state index in [4.69, 9.17) is 0 Å². The summed E-state index contributed by atoms with van der Waals surface area (Å²) in [6.07, 6.45) is 0. The van der Waals surface area contributed by atoms with E-state index in [9.17, 15) is 13.6 Å². The average molecular weight is 306 g/mol. The van der Waals surface area contributed by atoms with Crippen LogP contribution in [0.5, 0.6) is 0 Å². The summed E-state index contributed by atoms with van der Waals surface area (Å²) in [6, 6.07) is 5.60. The molecule has 5 heteroatoms. The molecule has 0 unspecified atom stereocenters. The molecule has 0 bridgehead atoms. The largest absolute Gasteiger partial charge is 0.349 e. The molecule has 0 aliphatic carbocycles. The third-order valence-electron chi connectivity index (χ3n) is 3.51. The second-order valence-corrected chi connectivity index (χ2v) is 5.73. The van der Waals surface area contributed by atoms with Gasteiger partial charge in [-0.15, -0.1) is 0 Å². The standard InChI is InChI=1S/C17H20F2N2O/c1-10(2)20-17(22)16-11(3)8-12(4)21(16)9-13-14(18)6-5-7-15(13)19/h5-8,10H,9H2,1-4H3,(H,20,22). The van der Waals surface area contributed by atoms with Crippen molar-refractivity contribution >= 4 is 5.91 Å². The van der Waals surface area contributed by atoms with Gasteiger partial charge in [-0.1, -0.05) is 6.07 Å². The normalized spacial score (nSPS) is 11.0. The first kappa shape index (κ1) is 16.2. The number of hydrogen-bond donors (Lipinski definition) is 1. The van der Waals surface area contributed by atoms with Crippen molar-refractivity contribution in [2.24, 2.45) is 0 Å². The number of carbonyl (C=O) groups excluding carboxylic acids is 1. The number of rotatable bonds is 4. The van der Waals surface area contributed by atoms with E-state index < -0.39 is 11.6 Å². The Labute approximate surface area is 129 Å². The van der Waals surface area contributed by atoms with Crippen molar-refractivity contribution in [2.45, 2.75) is 40.3 Å². The zero-order valence-electron chi connectivity index (χ0n) is 13.2. The number of carbonyl (C=O) groups is 1. The minimum atomic E-state index is -0.610. The molecular weight excluding hydrogens is 286 g/mol. The topological polar surface area (TPSA) is 34.0 Å². The van der Waals surface area contributed by atoms with Crippen LogP contribution in [-0.2, 0) is 6.54 Å². The zero-order chi connectivity index (χ0) is 16.4. The first-order chi connectivity index (χ1) is 10.3. The maximum Gasteiger partial charge on any atom is 0.268 e. The van der Waals surface area contributed by atoms with Crippen LogP contribution in [0.4, 0.5) is 8.78 Å². The third-order valence-corrected chi connectivity index (χ3v) is 3.51. The molecule has 1 N–H and O–H groups in total. The lowest BCUT2D eigenvalue weighted by Crippen LogP contribution is -2.32. The van der Waals surface area contributed by atoms with Crippen LogP contribution in [0.2, 0.25) is 0 Å². The van der Waals surface area contributed by atoms with Gasteiger partial charge in [0.2, 0.25) is 0 Å². The fraction of sp³-hybridized carbons (Fsp3) is 0.353. The van der Waals surface area contributed by atoms with Crippen molar-refractivity contribution in [3.8, 4) is 0 Å². The molecule has 0 spiro atoms. The van der Waals surface area contributed by atoms with Gasteiger partial charge in [-0.05, 0) is 51.5 Å². The van der Waals surface area contributed by atoms with E-state index in [2.05, 4.69) is 5.32 Å². The molecule has 0 aliphatic rings. The van der Waals surface area contributed by atoms with Gasteiger partial charge in [-0.25, -0.2) is 8.78 Å². The maximum absolute atomic E-state index is 13.9. The fourth-order valence-corrected chi connectivity index (χ4v) is 2.53. The van der Waals surface area contributed by atoms with Gasteiger partial charge >= 0.3 is 0 Å². The summed E-state index contributed by atoms with van der Waals surface area (Å²) in [5.74, 6) is -1.46. The van der Waals surface area contributed by atoms with Gasteiger partial charge in [0.1, 0.15) is 17.3 Å². The summed E-state index contributed by atoms with van der Waals surface area (Å²) < 4.78 is 29.4. The second-order valence-electron chi connectivity index (χ2n) is 5.73. The van der Waals surface area contributed by atoms with E-state index in [-0.39, 0.29) is 24.1 Å². The lowest BCUT2D eigenvalue weighted by atomic mass is 10.2. The molecule has 0 fully saturated rings. The Morgan fingerprint density at radius 2 is 1.82 bits per heavy atom. The summed E-state index contributed by atoms with van der Waals surface area (Å²) in [6.45, 7) is 7.35. The number of nitrogens with one attached hydrogen (secondary N) is 1. The van der Waals surface area contributed by atoms with Crippen LogP contribution in [0.1, 0.15) is 41.2 Å². The van der Waals surface area contributed by atoms with Gasteiger partial charge in [-0.3, -0.25) is 4.79 Å². The third kappa shape index (κ3) is 3.18. The Balaban J connectivity index is 2.45. The lowest BCUT2D eigenvalue weighted by Gasteiger charge is -2.15. The molecule has 0 saturated carbocycles. The number of aromatic nitrogens is 1. The zero-order valence-corrected chi connectivity index (χ0v) is 13.2. The van der Waals surface area contributed by atoms with E-state index in [1.54, 1.807) is 4.57 Å². The predicted molar refractivity (Wildman–Crippen MR) is 82.0 cm³/mol. The summed E-state index contributed by atoms with van der Waals surface area (Å²) in [7, 11) is 0. The lowest BCUT2D eigenvalue weighted by molar-refractivity contribution is 0.0933. The average Bonchev–Trinajstić information content (AvgIpc) is 2.67. The predicted octanol–water partition coefficient (Wildman–Crippen LogP) is 3.57. The van der Waals surface area contributed by atoms with Crippen molar-refractivity contribution in [1.29, 1.82) is 0 Å². The van der Waals surface area contributed by atoms with Gasteiger partial charge in [-0.2, -0.15) is 0 Å². The number of halogens is 2. The fourth-order valence-electron chi connectivity index (χ4n) is 2.53. The van der Waals surface area contributed by atoms with Crippen molar-refractivity contribution in [1.82, 2.24) is 9.88 Å². The van der Waals surface area contributed by atoms with E-state index in [1.165, 1.54) is 18.2 Å². The molecule has 1 amide bonds. The number of nitrogens with zero attached hydrogens (tertiary/aromatic N) is 1. The summed E-state index contributed by atoms with van der Waals surface area (Å²) in [5, 5.41) is 2.82. The highest BCUT2D eigenvalue weighted by Gasteiger charge is 2.20. The first-order valence-corrected chi connectivity index (χ1v) is 7.21. The van der Waals surface area contributed by atoms with Crippen LogP contribution in [-0.4, -0.2) is 16.5 Å². The van der Waals surface area contributed by atoms with E-state index in [0.717, 1.165) is 11.3 Å². The van der Waals surface area contributed by atoms with Crippen LogP contribution in [0.15, 0.2) is 24.3 Å². The molecule has 0 radical (unpaired) electrons. The molecule has 0 atom stereocenters. The summed E-state index contributed by atoms with van der Waals surface area (Å²) >= 11 is 0. The Hall–Kier alpha value is -2.17. The Bertz CT molecular complexity index is 685. The highest BCUT2D eigenvalue weighted by Crippen LogP contribution is 2.20. The highest BCUT2D eigenvalue weighted by molar-refractivity contribution is 5.94. The molecule has 2 aromatic rings. The number of hydrogen-bond acceptors (Lipinski definition) is 1. The minimum Gasteiger partial charge on any atom is -0.349 e. The smallest absolute Gasteiger partial charge is 0.268 e. The number of amides is 1. The van der Waals surface area contributed by atoms with Crippen molar-refractivity contribution < 1.29 is 13.6 Å². The Morgan fingerprint density at radius 3 is 2.36 bits per heavy atom. The van der Waals surface area contributed by atoms with E-state index >= 15 is 0 Å². The van der Waals surface area contributed by atoms with Crippen molar-refractivity contribution in [2.75, 3.05) is 0 Å². The van der Waals surface area contributed by atoms with E-state index in [0.29, 0.717) is 5.69 Å². The molecule has 0 aliphatic heterocycles. The van der Waals surface area contributed by atoms with Gasteiger partial charge in [0.15, 0.2) is 0 Å². The van der Waals surface area contributed by atoms with Gasteiger partial charge in [0.25, 0.3) is 5.91 Å². The van der Waals surface area contributed by atoms with Gasteiger partial charge < -0.3 is 9.88 Å². The number of benzene rings is 1. The van der Waals surface area contributed by atoms with Gasteiger partial charge in [0.05, 0.1) is 6.54 Å². The first-order valence-electron chi connectivity index (χ1n) is 7.21. The quantitative estimate of drug-likeness (QED) is 0.920. The van der Waals surface area contributed by atoms with Gasteiger partial charge in [0, 0.05) is 17.3 Å². The van der Waals surface area contributed by atoms with Crippen LogP contribution < -0.4 is 5.32 Å². The molecule has 1 heterocycles. The van der Waals surface area contributed by atoms with Crippen LogP contribution >= 0.6 is 0 Å². The highest BCUT2D eigenvalue weighted by atomic mass is 19.1. The molecule has 3 nitrogen and oxygen atoms in total. The molecular formula is C17H20F2N2O. The Kier molecular flexibility index (Phi) is 4.64. The maximum atomic E-state index is 13.9. The van der Waals surface area contributed by atoms with Crippen molar-refractivity contribution in [3.63, 3.8) is 0 Å². The summed E-state index contributed by atoms with van der Waals surface area (Å²) in [5.41, 5.74) is 1.97. The monoisotopic (exact) mass is 306 g/mol. The molecule has 0 saturated heterocycles. The molecule has 2 rings (SSSR count). The number of aryl methyl sites for hydroxylation is 2. The second kappa shape index (κ2) is 6.30. The minimum absolute atomic E-state index is 0.0132. The summed E-state index contributed by atoms with van der Waals surface area (Å²) in [4.78, 5) is 12.4. The van der Waals surface area contributed by atoms with Crippen LogP contribution in [0.3, 0.4) is 0 Å². The molecule has 118 valence electrons. The molecule has 1 aromatic carbocycles. The van der Waals surface area contributed by atoms with Crippen LogP contribution in [0, 0.1) is 25.5 Å². The molecule has 22 heavy (non-hydrogen) atoms. The van der Waals surface area contributed by atoms with Crippen molar-refractivity contribution in [3.05, 3.63) is 58.4 Å². The van der Waals surface area contributed by atoms with E-state index in [1.807, 2.05) is 33.8 Å².